The first-order valence-electron chi connectivity index (χ1n) is 8.82. The number of nitrogens with zero attached hydrogens (tertiary/aromatic N) is 1. The Morgan fingerprint density at radius 3 is 2.60 bits per heavy atom. The van der Waals surface area contributed by atoms with Crippen LogP contribution in [0, 0.1) is 5.92 Å². The zero-order valence-corrected chi connectivity index (χ0v) is 14.9. The fourth-order valence-corrected chi connectivity index (χ4v) is 3.51. The predicted molar refractivity (Wildman–Crippen MR) is 99.0 cm³/mol. The van der Waals surface area contributed by atoms with E-state index in [1.54, 1.807) is 7.11 Å². The van der Waals surface area contributed by atoms with Gasteiger partial charge < -0.3 is 14.9 Å². The highest BCUT2D eigenvalue weighted by Gasteiger charge is 2.39. The first-order valence-corrected chi connectivity index (χ1v) is 8.82. The number of rotatable bonds is 4. The van der Waals surface area contributed by atoms with Crippen LogP contribution in [0.2, 0.25) is 0 Å². The third kappa shape index (κ3) is 2.98. The second-order valence-electron chi connectivity index (χ2n) is 7.01. The molecule has 1 N–H and O–H groups in total. The average molecular weight is 336 g/mol. The zero-order chi connectivity index (χ0) is 17.4. The molecule has 4 rings (SSSR count). The van der Waals surface area contributed by atoms with Gasteiger partial charge in [0.15, 0.2) is 6.23 Å². The number of ether oxygens (including phenoxy) is 2. The first-order chi connectivity index (χ1) is 12.2. The van der Waals surface area contributed by atoms with Gasteiger partial charge in [-0.2, -0.15) is 5.01 Å². The van der Waals surface area contributed by atoms with Gasteiger partial charge in [-0.15, -0.1) is 0 Å². The summed E-state index contributed by atoms with van der Waals surface area (Å²) in [5, 5.41) is 2.24. The number of methoxy groups -OCH3 is 1. The third-order valence-electron chi connectivity index (χ3n) is 4.76. The molecule has 0 unspecified atom stereocenters. The minimum absolute atomic E-state index is 0.0203. The molecule has 0 bridgehead atoms. The Balaban J connectivity index is 1.68. The molecule has 0 amide bonds. The van der Waals surface area contributed by atoms with Gasteiger partial charge in [0.25, 0.3) is 0 Å². The minimum atomic E-state index is 0.0203. The van der Waals surface area contributed by atoms with E-state index >= 15 is 0 Å². The first kappa shape index (κ1) is 16.0. The lowest BCUT2D eigenvalue weighted by atomic mass is 10.0. The van der Waals surface area contributed by atoms with Crippen LogP contribution in [0.3, 0.4) is 0 Å². The smallest absolute Gasteiger partial charge is 0.170 e. The Morgan fingerprint density at radius 1 is 1.12 bits per heavy atom. The van der Waals surface area contributed by atoms with E-state index in [4.69, 9.17) is 9.47 Å². The van der Waals surface area contributed by atoms with Crippen LogP contribution in [-0.2, 0) is 0 Å². The molecule has 2 aliphatic rings. The molecule has 4 heteroatoms. The number of nitrogens with one attached hydrogen (secondary N) is 1. The lowest BCUT2D eigenvalue weighted by Gasteiger charge is -2.39. The molecule has 2 atom stereocenters. The number of hydrazine groups is 1. The lowest BCUT2D eigenvalue weighted by Crippen LogP contribution is -2.49. The Hall–Kier alpha value is -2.46. The highest BCUT2D eigenvalue weighted by atomic mass is 16.5. The molecule has 2 heterocycles. The highest BCUT2D eigenvalue weighted by molar-refractivity contribution is 5.67. The number of hydrogen-bond acceptors (Lipinski definition) is 4. The van der Waals surface area contributed by atoms with E-state index in [0.717, 1.165) is 29.2 Å². The van der Waals surface area contributed by atoms with Crippen molar-refractivity contribution in [3.05, 3.63) is 65.7 Å². The van der Waals surface area contributed by atoms with Gasteiger partial charge in [0.1, 0.15) is 11.5 Å². The Labute approximate surface area is 149 Å². The molecule has 4 nitrogen and oxygen atoms in total. The molecule has 0 saturated carbocycles. The summed E-state index contributed by atoms with van der Waals surface area (Å²) in [5.41, 5.74) is 7.04. The Morgan fingerprint density at radius 2 is 1.88 bits per heavy atom. The second-order valence-corrected chi connectivity index (χ2v) is 7.01. The van der Waals surface area contributed by atoms with E-state index in [2.05, 4.69) is 60.7 Å². The molecule has 0 aromatic heterocycles. The summed E-state index contributed by atoms with van der Waals surface area (Å²) in [6.45, 7) is 4.46. The predicted octanol–water partition coefficient (Wildman–Crippen LogP) is 4.36. The average Bonchev–Trinajstić information content (AvgIpc) is 3.07. The molecular weight excluding hydrogens is 312 g/mol. The topological polar surface area (TPSA) is 33.7 Å². The van der Waals surface area contributed by atoms with Crippen LogP contribution >= 0.6 is 0 Å². The van der Waals surface area contributed by atoms with E-state index in [1.807, 2.05) is 18.2 Å². The molecule has 0 radical (unpaired) electrons. The highest BCUT2D eigenvalue weighted by Crippen LogP contribution is 2.42. The Kier molecular flexibility index (Phi) is 4.14. The fourth-order valence-electron chi connectivity index (χ4n) is 3.51. The summed E-state index contributed by atoms with van der Waals surface area (Å²) < 4.78 is 11.6. The molecule has 25 heavy (non-hydrogen) atoms. The minimum Gasteiger partial charge on any atom is -0.497 e. The summed E-state index contributed by atoms with van der Waals surface area (Å²) in [6.07, 6.45) is 3.28. The van der Waals surface area contributed by atoms with Gasteiger partial charge in [-0.3, -0.25) is 0 Å². The molecule has 0 aliphatic carbocycles. The van der Waals surface area contributed by atoms with Crippen molar-refractivity contribution in [3.63, 3.8) is 0 Å². The van der Waals surface area contributed by atoms with Gasteiger partial charge in [-0.1, -0.05) is 32.0 Å². The van der Waals surface area contributed by atoms with Crippen LogP contribution < -0.4 is 14.9 Å². The molecule has 2 aromatic rings. The van der Waals surface area contributed by atoms with Crippen molar-refractivity contribution in [1.82, 2.24) is 10.4 Å². The van der Waals surface area contributed by atoms with Crippen molar-refractivity contribution in [1.29, 1.82) is 0 Å². The van der Waals surface area contributed by atoms with Crippen molar-refractivity contribution >= 4 is 5.70 Å². The number of hydrogen-bond donors (Lipinski definition) is 1. The van der Waals surface area contributed by atoms with Crippen LogP contribution in [0.15, 0.2) is 54.6 Å². The van der Waals surface area contributed by atoms with E-state index in [1.165, 1.54) is 5.56 Å². The van der Waals surface area contributed by atoms with Crippen LogP contribution in [0.1, 0.15) is 37.4 Å². The summed E-state index contributed by atoms with van der Waals surface area (Å²) in [5.74, 6) is 2.41. The van der Waals surface area contributed by atoms with Crippen molar-refractivity contribution < 1.29 is 9.47 Å². The monoisotopic (exact) mass is 336 g/mol. The number of benzene rings is 2. The van der Waals surface area contributed by atoms with Gasteiger partial charge >= 0.3 is 0 Å². The van der Waals surface area contributed by atoms with Crippen molar-refractivity contribution in [3.8, 4) is 11.5 Å². The van der Waals surface area contributed by atoms with E-state index < -0.39 is 0 Å². The molecule has 0 spiro atoms. The van der Waals surface area contributed by atoms with Gasteiger partial charge in [0, 0.05) is 12.0 Å². The van der Waals surface area contributed by atoms with Gasteiger partial charge in [-0.05, 0) is 47.9 Å². The third-order valence-corrected chi connectivity index (χ3v) is 4.76. The summed E-state index contributed by atoms with van der Waals surface area (Å²) in [7, 11) is 1.69. The van der Waals surface area contributed by atoms with E-state index in [0.29, 0.717) is 5.92 Å². The molecule has 0 fully saturated rings. The number of para-hydroxylation sites is 1. The van der Waals surface area contributed by atoms with Gasteiger partial charge in [0.2, 0.25) is 0 Å². The maximum absolute atomic E-state index is 6.29. The van der Waals surface area contributed by atoms with Crippen molar-refractivity contribution in [2.45, 2.75) is 32.5 Å². The molecular formula is C21H24N2O2. The van der Waals surface area contributed by atoms with Crippen LogP contribution in [0.4, 0.5) is 0 Å². The molecule has 0 saturated heterocycles. The Bertz CT molecular complexity index is 783. The molecule has 130 valence electrons. The normalized spacial score (nSPS) is 21.8. The van der Waals surface area contributed by atoms with Crippen molar-refractivity contribution in [2.75, 3.05) is 7.11 Å². The van der Waals surface area contributed by atoms with Crippen LogP contribution in [0.25, 0.3) is 5.70 Å². The summed E-state index contributed by atoms with van der Waals surface area (Å²) in [6, 6.07) is 16.7. The summed E-state index contributed by atoms with van der Waals surface area (Å²) in [4.78, 5) is 0. The lowest BCUT2D eigenvalue weighted by molar-refractivity contribution is -0.0418. The van der Waals surface area contributed by atoms with Gasteiger partial charge in [0.05, 0.1) is 18.8 Å². The quantitative estimate of drug-likeness (QED) is 0.899. The van der Waals surface area contributed by atoms with E-state index in [9.17, 15) is 0 Å². The van der Waals surface area contributed by atoms with Crippen LogP contribution in [-0.4, -0.2) is 18.3 Å². The van der Waals surface area contributed by atoms with Crippen molar-refractivity contribution in [2.24, 2.45) is 5.92 Å². The van der Waals surface area contributed by atoms with Crippen LogP contribution in [0.5, 0.6) is 11.5 Å². The SMILES string of the molecule is COc1ccc(C2=C[C@H]3c4ccccc4O[C@H](CC(C)C)N3N2)cc1. The number of fused-ring (bicyclic) bond motifs is 3. The molecule has 2 aromatic carbocycles. The largest absolute Gasteiger partial charge is 0.497 e. The van der Waals surface area contributed by atoms with E-state index in [-0.39, 0.29) is 12.3 Å². The molecule has 2 aliphatic heterocycles. The second kappa shape index (κ2) is 6.45. The summed E-state index contributed by atoms with van der Waals surface area (Å²) >= 11 is 0. The van der Waals surface area contributed by atoms with Gasteiger partial charge in [-0.25, -0.2) is 0 Å². The maximum atomic E-state index is 6.29. The maximum Gasteiger partial charge on any atom is 0.170 e. The fraction of sp³-hybridized carbons (Fsp3) is 0.333. The standard InChI is InChI=1S/C21H24N2O2/c1-14(2)12-21-23-19(17-6-4-5-7-20(17)25-21)13-18(22-23)15-8-10-16(24-3)11-9-15/h4-11,13-14,19,21-22H,12H2,1-3H3/t19-,21+/m0/s1. The zero-order valence-electron chi connectivity index (χ0n) is 14.9.